The van der Waals surface area contributed by atoms with Crippen molar-refractivity contribution in [3.05, 3.63) is 134 Å². The molecule has 2 aliphatic heterocycles. The molecule has 86 heavy (non-hydrogen) atoms. The van der Waals surface area contributed by atoms with Gasteiger partial charge in [0.1, 0.15) is 0 Å². The van der Waals surface area contributed by atoms with Crippen LogP contribution in [0, 0.1) is 89.4 Å². The van der Waals surface area contributed by atoms with Gasteiger partial charge in [0.25, 0.3) is 0 Å². The fraction of sp³-hybridized carbons (Fsp3) is 0.458. The summed E-state index contributed by atoms with van der Waals surface area (Å²) in [5.41, 5.74) is 2.85. The molecule has 5 aromatic rings. The van der Waals surface area contributed by atoms with Gasteiger partial charge in [0.15, 0.2) is 0 Å². The molecular weight excluding hydrogens is 1300 g/mol. The number of nitrogens with zero attached hydrogens (tertiary/aromatic N) is 7. The number of carbonyl (C=O) groups is 6. The molecule has 9 rings (SSSR count). The number of aliphatic hydroxyl groups is 1. The van der Waals surface area contributed by atoms with Gasteiger partial charge in [-0.15, -0.1) is 46.4 Å². The zero-order valence-corrected chi connectivity index (χ0v) is 54.8. The molecule has 4 amide bonds. The number of carboxylic acids is 2. The van der Waals surface area contributed by atoms with E-state index in [1.807, 2.05) is 73.3 Å². The van der Waals surface area contributed by atoms with Gasteiger partial charge in [0.05, 0.1) is 49.9 Å². The Bertz CT molecular complexity index is 2840. The van der Waals surface area contributed by atoms with Crippen molar-refractivity contribution >= 4 is 93.3 Å². The largest absolute Gasteiger partial charge is 2.00 e. The number of aliphatic carboxylic acids is 2. The van der Waals surface area contributed by atoms with Gasteiger partial charge < -0.3 is 51.2 Å². The van der Waals surface area contributed by atoms with Crippen LogP contribution in [0.4, 0.5) is 11.4 Å². The third kappa shape index (κ3) is 19.7. The SMILES string of the molecule is CO.Cc1cc(C)c(N2C(=O)[C@@]3(C)CC(C)(C(=O)[O-])C[C@](C)(C3)C2=O)cc1N1C(=O)[C@@]2(C)CC(C)(C(=O)[O-])C[C@](C)(C2)C1=O.Cc1ccnc(-c2cc(C)ccn2)c1.Cc1ccnc(-c2cc(C)ccn2)c1.ClCCl.ClCCl.O.O=[N+]([O-])[O-].[Cu+2].[Cu+2].[OH-]. The third-order valence-corrected chi connectivity index (χ3v) is 14.7. The molecule has 2 saturated heterocycles. The molecule has 2 radical (unpaired) electrons. The van der Waals surface area contributed by atoms with Gasteiger partial charge in [-0.3, -0.25) is 39.1 Å². The Balaban J connectivity index is 0. The van der Waals surface area contributed by atoms with Gasteiger partial charge in [0, 0.05) is 76.3 Å². The molecule has 478 valence electrons. The minimum absolute atomic E-state index is 0. The maximum absolute atomic E-state index is 14.1. The van der Waals surface area contributed by atoms with E-state index in [1.165, 1.54) is 42.2 Å². The predicted molar refractivity (Wildman–Crippen MR) is 318 cm³/mol. The average Bonchev–Trinajstić information content (AvgIpc) is 1.10. The Morgan fingerprint density at radius 1 is 0.488 bits per heavy atom. The summed E-state index contributed by atoms with van der Waals surface area (Å²) < 4.78 is 0. The van der Waals surface area contributed by atoms with Crippen LogP contribution in [0.1, 0.15) is 113 Å². The molecule has 6 heterocycles. The summed E-state index contributed by atoms with van der Waals surface area (Å²) in [6, 6.07) is 19.4. The molecule has 4 bridgehead atoms. The number of rotatable bonds is 6. The van der Waals surface area contributed by atoms with Crippen LogP contribution in [0.3, 0.4) is 0 Å². The molecule has 21 nitrogen and oxygen atoms in total. The second-order valence-corrected chi connectivity index (χ2v) is 24.2. The fourth-order valence-corrected chi connectivity index (χ4v) is 12.2. The Morgan fingerprint density at radius 2 is 0.686 bits per heavy atom. The average molecular weight is 1370 g/mol. The van der Waals surface area contributed by atoms with E-state index in [1.54, 1.807) is 47.6 Å². The van der Waals surface area contributed by atoms with Crippen molar-refractivity contribution in [2.24, 2.45) is 32.5 Å². The summed E-state index contributed by atoms with van der Waals surface area (Å²) in [6.07, 6.45) is 7.69. The molecule has 4 aromatic heterocycles. The normalized spacial score (nSPS) is 23.6. The predicted octanol–water partition coefficient (Wildman–Crippen LogP) is 8.68. The van der Waals surface area contributed by atoms with Crippen LogP contribution in [0.25, 0.3) is 22.8 Å². The Hall–Kier alpha value is -5.68. The summed E-state index contributed by atoms with van der Waals surface area (Å²) in [6.45, 7) is 21.4. The molecule has 4 fully saturated rings. The summed E-state index contributed by atoms with van der Waals surface area (Å²) in [7, 11) is 1.00. The minimum Gasteiger partial charge on any atom is -0.870 e. The number of imide groups is 2. The first-order valence-corrected chi connectivity index (χ1v) is 27.8. The van der Waals surface area contributed by atoms with Gasteiger partial charge in [-0.25, -0.2) is 9.80 Å². The van der Waals surface area contributed by atoms with E-state index in [9.17, 15) is 39.0 Å². The fourth-order valence-electron chi connectivity index (χ4n) is 12.2. The van der Waals surface area contributed by atoms with E-state index in [0.717, 1.165) is 39.7 Å². The number of hydrogen-bond donors (Lipinski definition) is 1. The number of piperidine rings is 2. The number of fused-ring (bicyclic) bond motifs is 4. The van der Waals surface area contributed by atoms with E-state index in [2.05, 4.69) is 47.6 Å². The van der Waals surface area contributed by atoms with E-state index in [0.29, 0.717) is 11.1 Å². The number of hydrogen-bond acceptors (Lipinski definition) is 17. The Morgan fingerprint density at radius 3 is 0.860 bits per heavy atom. The monoisotopic (exact) mass is 1370 g/mol. The standard InChI is InChI=1S/C32H40N2O8.2C12H12N2.2CH2Cl2.CH4O.2Cu.NO3.2H2O/c1-17-9-18(2)20(34-23(37)29(5)12-30(6,24(34)38)16-32(8,15-29)26(41)42)10-19(17)33-21(35)27(3)11-28(4,22(33)36)14-31(7,13-27)25(39)40;2*1-9-3-5-13-11(7-9)12-8-10(2)4-6-14-12;2*2-1-3;1-2;;;2-1(3)4;;/h9-10H,11-16H2,1-8H3,(H,39,40)(H,41,42);2*3-8H,1-2H3;2*1H2;2H,1H3;;;;2*1H2/q;;;;;;2*+2;-1;;/p-3/t27-,28+,29-,30+,31?,32?;;;;;;;;;;. The zero-order chi connectivity index (χ0) is 62.5. The first-order valence-electron chi connectivity index (χ1n) is 25.7. The van der Waals surface area contributed by atoms with Crippen molar-refractivity contribution in [2.45, 2.75) is 122 Å². The van der Waals surface area contributed by atoms with E-state index >= 15 is 0 Å². The van der Waals surface area contributed by atoms with Crippen molar-refractivity contribution in [1.82, 2.24) is 19.9 Å². The molecule has 2 unspecified atom stereocenters. The molecule has 2 aliphatic carbocycles. The van der Waals surface area contributed by atoms with Crippen LogP contribution in [0.5, 0.6) is 0 Å². The van der Waals surface area contributed by atoms with Gasteiger partial charge in [-0.1, -0.05) is 47.6 Å². The van der Waals surface area contributed by atoms with Gasteiger partial charge in [-0.2, -0.15) is 0 Å². The second kappa shape index (κ2) is 34.2. The van der Waals surface area contributed by atoms with Crippen LogP contribution >= 0.6 is 46.4 Å². The van der Waals surface area contributed by atoms with E-state index in [-0.39, 0.29) is 106 Å². The Labute approximate surface area is 542 Å². The molecule has 27 heteroatoms. The quantitative estimate of drug-likeness (QED) is 0.0546. The number of amides is 4. The number of carbonyl (C=O) groups excluding carboxylic acids is 6. The number of pyridine rings is 4. The van der Waals surface area contributed by atoms with Crippen molar-refractivity contribution in [1.29, 1.82) is 0 Å². The maximum Gasteiger partial charge on any atom is 2.00 e. The maximum atomic E-state index is 14.1. The van der Waals surface area contributed by atoms with Crippen molar-refractivity contribution in [3.8, 4) is 22.8 Å². The smallest absolute Gasteiger partial charge is 0.870 e. The number of carboxylic acid groups (broad SMARTS) is 2. The number of benzene rings is 1. The molecular formula is C59H73Cl4Cu2N7O14. The minimum atomic E-state index is -1.75. The molecule has 2 saturated carbocycles. The van der Waals surface area contributed by atoms with E-state index in [4.69, 9.17) is 66.8 Å². The summed E-state index contributed by atoms with van der Waals surface area (Å²) in [5, 5.41) is 46.3. The molecule has 6 atom stereocenters. The number of anilines is 2. The van der Waals surface area contributed by atoms with Crippen molar-refractivity contribution in [2.75, 3.05) is 27.6 Å². The van der Waals surface area contributed by atoms with Crippen molar-refractivity contribution in [3.63, 3.8) is 0 Å². The number of alkyl halides is 4. The molecule has 0 spiro atoms. The second-order valence-electron chi connectivity index (χ2n) is 22.6. The molecule has 4 N–H and O–H groups in total. The topological polar surface area (TPSA) is 355 Å². The molecule has 1 aromatic carbocycles. The number of halogens is 4. The van der Waals surface area contributed by atoms with Crippen LogP contribution in [0.2, 0.25) is 0 Å². The first-order chi connectivity index (χ1) is 38.1. The first kappa shape index (κ1) is 82.4. The van der Waals surface area contributed by atoms with Gasteiger partial charge in [-0.05, 0) is 168 Å². The van der Waals surface area contributed by atoms with Crippen LogP contribution in [-0.4, -0.2) is 94.4 Å². The van der Waals surface area contributed by atoms with Gasteiger partial charge >= 0.3 is 34.1 Å². The van der Waals surface area contributed by atoms with Crippen LogP contribution < -0.4 is 20.0 Å². The zero-order valence-electron chi connectivity index (χ0n) is 49.9. The summed E-state index contributed by atoms with van der Waals surface area (Å²) in [4.78, 5) is 108. The van der Waals surface area contributed by atoms with Crippen LogP contribution in [-0.2, 0) is 62.9 Å². The molecule has 4 aliphatic rings. The summed E-state index contributed by atoms with van der Waals surface area (Å²) >= 11 is 19.1. The number of aryl methyl sites for hydroxylation is 6. The van der Waals surface area contributed by atoms with E-state index < -0.39 is 73.1 Å². The van der Waals surface area contributed by atoms with Crippen molar-refractivity contribution < 1.29 is 94.3 Å². The summed E-state index contributed by atoms with van der Waals surface area (Å²) in [5.74, 6) is -4.74. The third-order valence-electron chi connectivity index (χ3n) is 14.7. The number of aromatic nitrogens is 4. The Kier molecular flexibility index (Phi) is 32.7. The van der Waals surface area contributed by atoms with Crippen LogP contribution in [0.15, 0.2) is 85.5 Å². The number of aliphatic hydroxyl groups excluding tert-OH is 1. The van der Waals surface area contributed by atoms with Gasteiger partial charge in [0.2, 0.25) is 23.6 Å².